The molecule has 0 bridgehead atoms. The van der Waals surface area contributed by atoms with Crippen LogP contribution < -0.4 is 5.32 Å². The van der Waals surface area contributed by atoms with Gasteiger partial charge < -0.3 is 20.1 Å². The van der Waals surface area contributed by atoms with Crippen molar-refractivity contribution in [1.82, 2.24) is 10.2 Å². The lowest BCUT2D eigenvalue weighted by Gasteiger charge is -2.34. The highest BCUT2D eigenvalue weighted by atomic mass is 16.5. The van der Waals surface area contributed by atoms with E-state index < -0.39 is 18.0 Å². The first-order valence-corrected chi connectivity index (χ1v) is 10.5. The summed E-state index contributed by atoms with van der Waals surface area (Å²) >= 11 is 0. The lowest BCUT2D eigenvalue weighted by Crippen LogP contribution is -2.49. The number of carboxylic acids is 1. The number of piperidine rings is 1. The zero-order chi connectivity index (χ0) is 22.0. The van der Waals surface area contributed by atoms with Gasteiger partial charge >= 0.3 is 12.1 Å². The van der Waals surface area contributed by atoms with Crippen molar-refractivity contribution in [3.63, 3.8) is 0 Å². The van der Waals surface area contributed by atoms with E-state index in [4.69, 9.17) is 4.74 Å². The van der Waals surface area contributed by atoms with E-state index in [1.54, 1.807) is 0 Å². The number of likely N-dealkylation sites (tertiary alicyclic amines) is 1. The van der Waals surface area contributed by atoms with Crippen LogP contribution in [0.4, 0.5) is 4.79 Å². The second kappa shape index (κ2) is 8.79. The third-order valence-corrected chi connectivity index (χ3v) is 6.09. The van der Waals surface area contributed by atoms with Gasteiger partial charge in [-0.05, 0) is 34.6 Å². The van der Waals surface area contributed by atoms with Crippen molar-refractivity contribution < 1.29 is 24.2 Å². The van der Waals surface area contributed by atoms with Crippen LogP contribution in [0, 0.1) is 11.8 Å². The Labute approximate surface area is 181 Å². The molecule has 4 rings (SSSR count). The number of nitrogens with zero attached hydrogens (tertiary/aromatic N) is 1. The van der Waals surface area contributed by atoms with E-state index in [-0.39, 0.29) is 37.4 Å². The Balaban J connectivity index is 1.32. The average molecular weight is 422 g/mol. The predicted molar refractivity (Wildman–Crippen MR) is 115 cm³/mol. The highest BCUT2D eigenvalue weighted by Crippen LogP contribution is 2.44. The van der Waals surface area contributed by atoms with Crippen molar-refractivity contribution in [1.29, 1.82) is 0 Å². The number of amides is 2. The fourth-order valence-electron chi connectivity index (χ4n) is 4.64. The molecule has 7 nitrogen and oxygen atoms in total. The quantitative estimate of drug-likeness (QED) is 0.772. The van der Waals surface area contributed by atoms with Crippen LogP contribution in [0.25, 0.3) is 11.1 Å². The summed E-state index contributed by atoms with van der Waals surface area (Å²) in [5.74, 6) is -1.70. The molecule has 2 amide bonds. The summed E-state index contributed by atoms with van der Waals surface area (Å²) in [6.07, 6.45) is -0.103. The first-order valence-electron chi connectivity index (χ1n) is 10.5. The number of aliphatic carboxylic acids is 1. The zero-order valence-corrected chi connectivity index (χ0v) is 17.4. The number of alkyl carbamates (subject to hydrolysis) is 1. The van der Waals surface area contributed by atoms with Crippen molar-refractivity contribution >= 4 is 18.0 Å². The van der Waals surface area contributed by atoms with E-state index in [0.29, 0.717) is 13.0 Å². The maximum absolute atomic E-state index is 12.5. The number of fused-ring (bicyclic) bond motifs is 3. The molecule has 2 aliphatic rings. The van der Waals surface area contributed by atoms with E-state index in [9.17, 15) is 19.5 Å². The Morgan fingerprint density at radius 3 is 2.26 bits per heavy atom. The molecule has 0 saturated carbocycles. The molecule has 1 fully saturated rings. The predicted octanol–water partition coefficient (Wildman–Crippen LogP) is 3.09. The van der Waals surface area contributed by atoms with Gasteiger partial charge in [-0.25, -0.2) is 4.79 Å². The molecule has 1 saturated heterocycles. The molecule has 1 aliphatic carbocycles. The molecule has 1 aliphatic heterocycles. The number of ether oxygens (including phenoxy) is 1. The zero-order valence-electron chi connectivity index (χ0n) is 17.4. The van der Waals surface area contributed by atoms with Gasteiger partial charge in [0.2, 0.25) is 5.91 Å². The van der Waals surface area contributed by atoms with Gasteiger partial charge in [0.25, 0.3) is 0 Å². The monoisotopic (exact) mass is 422 g/mol. The second-order valence-electron chi connectivity index (χ2n) is 8.35. The van der Waals surface area contributed by atoms with Gasteiger partial charge in [-0.15, -0.1) is 0 Å². The standard InChI is InChI=1S/C24H26N2O5/c1-15-10-16(23(28)29)13-26(12-15)22(27)11-25-24(30)31-14-21-19-8-4-2-6-17(19)18-7-3-5-9-20(18)21/h2-9,15-16,21H,10-14H2,1H3,(H,25,30)(H,28,29). The molecule has 7 heteroatoms. The summed E-state index contributed by atoms with van der Waals surface area (Å²) in [5, 5.41) is 11.8. The third-order valence-electron chi connectivity index (χ3n) is 6.09. The summed E-state index contributed by atoms with van der Waals surface area (Å²) in [7, 11) is 0. The molecule has 2 N–H and O–H groups in total. The Bertz CT molecular complexity index is 959. The number of rotatable bonds is 5. The summed E-state index contributed by atoms with van der Waals surface area (Å²) in [5.41, 5.74) is 4.54. The molecule has 1 heterocycles. The molecular weight excluding hydrogens is 396 g/mol. The minimum absolute atomic E-state index is 0.0480. The largest absolute Gasteiger partial charge is 0.481 e. The SMILES string of the molecule is CC1CC(C(=O)O)CN(C(=O)CNC(=O)OCC2c3ccccc3-c3ccccc32)C1. The number of carbonyl (C=O) groups excluding carboxylic acids is 2. The summed E-state index contributed by atoms with van der Waals surface area (Å²) in [6, 6.07) is 16.2. The molecular formula is C24H26N2O5. The summed E-state index contributed by atoms with van der Waals surface area (Å²) < 4.78 is 5.44. The van der Waals surface area contributed by atoms with E-state index >= 15 is 0 Å². The molecule has 0 radical (unpaired) electrons. The fourth-order valence-corrected chi connectivity index (χ4v) is 4.64. The van der Waals surface area contributed by atoms with Gasteiger partial charge in [-0.3, -0.25) is 9.59 Å². The van der Waals surface area contributed by atoms with E-state index in [1.165, 1.54) is 4.90 Å². The Kier molecular flexibility index (Phi) is 5.93. The molecule has 162 valence electrons. The summed E-state index contributed by atoms with van der Waals surface area (Å²) in [4.78, 5) is 37.5. The van der Waals surface area contributed by atoms with Crippen LogP contribution in [-0.4, -0.2) is 54.2 Å². The molecule has 2 unspecified atom stereocenters. The Morgan fingerprint density at radius 2 is 1.65 bits per heavy atom. The van der Waals surface area contributed by atoms with Crippen molar-refractivity contribution in [2.75, 3.05) is 26.2 Å². The van der Waals surface area contributed by atoms with E-state index in [0.717, 1.165) is 22.3 Å². The highest BCUT2D eigenvalue weighted by molar-refractivity contribution is 5.83. The first kappa shape index (κ1) is 20.9. The van der Waals surface area contributed by atoms with E-state index in [1.807, 2.05) is 43.3 Å². The maximum atomic E-state index is 12.5. The minimum atomic E-state index is -0.895. The van der Waals surface area contributed by atoms with Gasteiger partial charge in [-0.1, -0.05) is 55.5 Å². The molecule has 2 atom stereocenters. The van der Waals surface area contributed by atoms with Crippen molar-refractivity contribution in [2.45, 2.75) is 19.3 Å². The summed E-state index contributed by atoms with van der Waals surface area (Å²) in [6.45, 7) is 2.56. The van der Waals surface area contributed by atoms with Crippen molar-refractivity contribution in [2.24, 2.45) is 11.8 Å². The number of carbonyl (C=O) groups is 3. The van der Waals surface area contributed by atoms with Gasteiger partial charge in [0.1, 0.15) is 13.2 Å². The van der Waals surface area contributed by atoms with Crippen LogP contribution in [0.5, 0.6) is 0 Å². The van der Waals surface area contributed by atoms with Gasteiger partial charge in [-0.2, -0.15) is 0 Å². The van der Waals surface area contributed by atoms with Crippen LogP contribution >= 0.6 is 0 Å². The van der Waals surface area contributed by atoms with Crippen LogP contribution in [-0.2, 0) is 14.3 Å². The van der Waals surface area contributed by atoms with Gasteiger partial charge in [0.15, 0.2) is 0 Å². The normalized spacial score (nSPS) is 20.0. The van der Waals surface area contributed by atoms with Gasteiger partial charge in [0.05, 0.1) is 5.92 Å². The molecule has 31 heavy (non-hydrogen) atoms. The first-order chi connectivity index (χ1) is 14.9. The Morgan fingerprint density at radius 1 is 1.03 bits per heavy atom. The number of benzene rings is 2. The number of nitrogens with one attached hydrogen (secondary N) is 1. The number of hydrogen-bond donors (Lipinski definition) is 2. The maximum Gasteiger partial charge on any atom is 0.407 e. The van der Waals surface area contributed by atoms with Crippen LogP contribution in [0.2, 0.25) is 0 Å². The molecule has 2 aromatic rings. The molecule has 0 spiro atoms. The van der Waals surface area contributed by atoms with Gasteiger partial charge in [0, 0.05) is 19.0 Å². The van der Waals surface area contributed by atoms with Crippen LogP contribution in [0.15, 0.2) is 48.5 Å². The fraction of sp³-hybridized carbons (Fsp3) is 0.375. The second-order valence-corrected chi connectivity index (χ2v) is 8.35. The van der Waals surface area contributed by atoms with E-state index in [2.05, 4.69) is 17.4 Å². The average Bonchev–Trinajstić information content (AvgIpc) is 3.09. The number of carboxylic acid groups (broad SMARTS) is 1. The van der Waals surface area contributed by atoms with Crippen LogP contribution in [0.3, 0.4) is 0 Å². The highest BCUT2D eigenvalue weighted by Gasteiger charge is 2.32. The number of hydrogen-bond acceptors (Lipinski definition) is 4. The lowest BCUT2D eigenvalue weighted by molar-refractivity contribution is -0.146. The molecule has 2 aromatic carbocycles. The van der Waals surface area contributed by atoms with Crippen molar-refractivity contribution in [3.05, 3.63) is 59.7 Å². The third kappa shape index (κ3) is 4.40. The topological polar surface area (TPSA) is 95.9 Å². The lowest BCUT2D eigenvalue weighted by atomic mass is 9.90. The minimum Gasteiger partial charge on any atom is -0.481 e. The van der Waals surface area contributed by atoms with Crippen molar-refractivity contribution in [3.8, 4) is 11.1 Å². The van der Waals surface area contributed by atoms with Crippen LogP contribution in [0.1, 0.15) is 30.4 Å². The Hall–Kier alpha value is -3.35. The molecule has 0 aromatic heterocycles. The smallest absolute Gasteiger partial charge is 0.407 e.